The molecule has 0 saturated carbocycles. The normalized spacial score (nSPS) is 11.5. The van der Waals surface area contributed by atoms with E-state index >= 15 is 0 Å². The SMILES string of the molecule is O=C(O)c1c(-c2ccc(OCc3ccccc3)cc2)c2ccccc2n1Cc1cccc(C(F)(F)F)c1. The Labute approximate surface area is 211 Å². The van der Waals surface area contributed by atoms with Crippen LogP contribution < -0.4 is 4.74 Å². The van der Waals surface area contributed by atoms with Crippen LogP contribution in [-0.4, -0.2) is 15.6 Å². The molecule has 4 nitrogen and oxygen atoms in total. The van der Waals surface area contributed by atoms with Gasteiger partial charge in [0.15, 0.2) is 0 Å². The number of aromatic carboxylic acids is 1. The summed E-state index contributed by atoms with van der Waals surface area (Å²) >= 11 is 0. The second-order valence-corrected chi connectivity index (χ2v) is 8.63. The third-order valence-electron chi connectivity index (χ3n) is 6.16. The van der Waals surface area contributed by atoms with Crippen molar-refractivity contribution in [1.82, 2.24) is 4.57 Å². The van der Waals surface area contributed by atoms with Gasteiger partial charge in [0.05, 0.1) is 5.56 Å². The van der Waals surface area contributed by atoms with Crippen molar-refractivity contribution in [2.24, 2.45) is 0 Å². The first-order valence-electron chi connectivity index (χ1n) is 11.6. The molecule has 186 valence electrons. The highest BCUT2D eigenvalue weighted by Gasteiger charge is 2.30. The number of carbonyl (C=O) groups is 1. The number of hydrogen-bond donors (Lipinski definition) is 1. The molecule has 5 rings (SSSR count). The van der Waals surface area contributed by atoms with E-state index in [-0.39, 0.29) is 12.2 Å². The second kappa shape index (κ2) is 9.85. The van der Waals surface area contributed by atoms with Gasteiger partial charge >= 0.3 is 12.1 Å². The lowest BCUT2D eigenvalue weighted by Crippen LogP contribution is -2.11. The number of rotatable bonds is 7. The molecule has 0 spiro atoms. The summed E-state index contributed by atoms with van der Waals surface area (Å²) in [4.78, 5) is 12.5. The summed E-state index contributed by atoms with van der Waals surface area (Å²) in [6.45, 7) is 0.376. The number of para-hydroxylation sites is 1. The number of halogens is 3. The fourth-order valence-corrected chi connectivity index (χ4v) is 4.47. The van der Waals surface area contributed by atoms with Gasteiger partial charge in [0.2, 0.25) is 0 Å². The summed E-state index contributed by atoms with van der Waals surface area (Å²) in [5.41, 5.74) is 2.41. The molecule has 37 heavy (non-hydrogen) atoms. The highest BCUT2D eigenvalue weighted by molar-refractivity contribution is 6.08. The molecule has 0 unspecified atom stereocenters. The van der Waals surface area contributed by atoms with E-state index in [4.69, 9.17) is 4.74 Å². The monoisotopic (exact) mass is 501 g/mol. The predicted octanol–water partition coefficient (Wildman–Crippen LogP) is 7.65. The minimum atomic E-state index is -4.49. The van der Waals surface area contributed by atoms with Crippen LogP contribution in [0.3, 0.4) is 0 Å². The molecule has 0 bridgehead atoms. The fourth-order valence-electron chi connectivity index (χ4n) is 4.47. The Morgan fingerprint density at radius 2 is 1.49 bits per heavy atom. The summed E-state index contributed by atoms with van der Waals surface area (Å²) < 4.78 is 47.2. The van der Waals surface area contributed by atoms with Crippen molar-refractivity contribution in [3.05, 3.63) is 126 Å². The van der Waals surface area contributed by atoms with Crippen molar-refractivity contribution in [3.8, 4) is 16.9 Å². The number of carboxylic acid groups (broad SMARTS) is 1. The minimum absolute atomic E-state index is 0.0107. The van der Waals surface area contributed by atoms with Gasteiger partial charge in [-0.15, -0.1) is 0 Å². The first-order chi connectivity index (χ1) is 17.8. The third kappa shape index (κ3) is 5.07. The summed E-state index contributed by atoms with van der Waals surface area (Å²) in [5.74, 6) is -0.528. The molecule has 0 atom stereocenters. The van der Waals surface area contributed by atoms with E-state index in [0.29, 0.717) is 39.9 Å². The van der Waals surface area contributed by atoms with Crippen LogP contribution in [0.2, 0.25) is 0 Å². The van der Waals surface area contributed by atoms with Gasteiger partial charge in [-0.2, -0.15) is 13.2 Å². The van der Waals surface area contributed by atoms with E-state index in [1.807, 2.05) is 42.5 Å². The molecule has 1 aromatic heterocycles. The number of aromatic nitrogens is 1. The quantitative estimate of drug-likeness (QED) is 0.249. The summed E-state index contributed by atoms with van der Waals surface area (Å²) in [6, 6.07) is 29.0. The van der Waals surface area contributed by atoms with Crippen LogP contribution in [0.4, 0.5) is 13.2 Å². The Kier molecular flexibility index (Phi) is 6.44. The van der Waals surface area contributed by atoms with Crippen LogP contribution in [-0.2, 0) is 19.3 Å². The molecule has 4 aromatic carbocycles. The van der Waals surface area contributed by atoms with E-state index in [1.54, 1.807) is 47.0 Å². The van der Waals surface area contributed by atoms with Gasteiger partial charge < -0.3 is 14.4 Å². The number of hydrogen-bond acceptors (Lipinski definition) is 2. The third-order valence-corrected chi connectivity index (χ3v) is 6.16. The minimum Gasteiger partial charge on any atom is -0.489 e. The molecule has 5 aromatic rings. The van der Waals surface area contributed by atoms with Gasteiger partial charge in [0.25, 0.3) is 0 Å². The Balaban J connectivity index is 1.54. The van der Waals surface area contributed by atoms with E-state index in [2.05, 4.69) is 0 Å². The van der Waals surface area contributed by atoms with Crippen LogP contribution in [0.15, 0.2) is 103 Å². The topological polar surface area (TPSA) is 51.5 Å². The van der Waals surface area contributed by atoms with Crippen molar-refractivity contribution >= 4 is 16.9 Å². The van der Waals surface area contributed by atoms with Crippen LogP contribution in [0, 0.1) is 0 Å². The molecule has 1 N–H and O–H groups in total. The molecular formula is C30H22F3NO3. The number of ether oxygens (including phenoxy) is 1. The largest absolute Gasteiger partial charge is 0.489 e. The predicted molar refractivity (Wildman–Crippen MR) is 136 cm³/mol. The van der Waals surface area contributed by atoms with Gasteiger partial charge in [0, 0.05) is 23.0 Å². The molecule has 0 radical (unpaired) electrons. The lowest BCUT2D eigenvalue weighted by Gasteiger charge is -2.12. The average Bonchev–Trinajstić information content (AvgIpc) is 3.22. The standard InChI is InChI=1S/C30H22F3NO3/c31-30(32,33)23-10-6-9-21(17-23)18-34-26-12-5-4-11-25(26)27(28(34)29(35)36)22-13-15-24(16-14-22)37-19-20-7-2-1-3-8-20/h1-17H,18-19H2,(H,35,36). The highest BCUT2D eigenvalue weighted by Crippen LogP contribution is 2.37. The van der Waals surface area contributed by atoms with Crippen molar-refractivity contribution in [1.29, 1.82) is 0 Å². The van der Waals surface area contributed by atoms with Gasteiger partial charge in [0.1, 0.15) is 18.1 Å². The van der Waals surface area contributed by atoms with Crippen LogP contribution in [0.25, 0.3) is 22.0 Å². The Morgan fingerprint density at radius 3 is 2.19 bits per heavy atom. The second-order valence-electron chi connectivity index (χ2n) is 8.63. The maximum Gasteiger partial charge on any atom is 0.416 e. The van der Waals surface area contributed by atoms with E-state index in [0.717, 1.165) is 17.7 Å². The van der Waals surface area contributed by atoms with Crippen LogP contribution in [0.1, 0.15) is 27.2 Å². The number of alkyl halides is 3. The maximum atomic E-state index is 13.3. The fraction of sp³-hybridized carbons (Fsp3) is 0.100. The van der Waals surface area contributed by atoms with E-state index in [9.17, 15) is 23.1 Å². The molecule has 0 aliphatic carbocycles. The summed E-state index contributed by atoms with van der Waals surface area (Å²) in [5, 5.41) is 10.9. The number of benzene rings is 4. The van der Waals surface area contributed by atoms with E-state index < -0.39 is 17.7 Å². The van der Waals surface area contributed by atoms with Crippen LogP contribution in [0.5, 0.6) is 5.75 Å². The highest BCUT2D eigenvalue weighted by atomic mass is 19.4. The zero-order chi connectivity index (χ0) is 26.0. The Hall–Kier alpha value is -4.52. The molecule has 0 amide bonds. The Bertz CT molecular complexity index is 1560. The van der Waals surface area contributed by atoms with Crippen molar-refractivity contribution < 1.29 is 27.8 Å². The molecule has 1 heterocycles. The van der Waals surface area contributed by atoms with Gasteiger partial charge in [-0.25, -0.2) is 4.79 Å². The van der Waals surface area contributed by atoms with Crippen molar-refractivity contribution in [2.45, 2.75) is 19.3 Å². The smallest absolute Gasteiger partial charge is 0.416 e. The first-order valence-corrected chi connectivity index (χ1v) is 11.6. The zero-order valence-corrected chi connectivity index (χ0v) is 19.6. The molecule has 0 fully saturated rings. The van der Waals surface area contributed by atoms with Crippen molar-refractivity contribution in [2.75, 3.05) is 0 Å². The van der Waals surface area contributed by atoms with Crippen molar-refractivity contribution in [3.63, 3.8) is 0 Å². The van der Waals surface area contributed by atoms with Crippen LogP contribution >= 0.6 is 0 Å². The lowest BCUT2D eigenvalue weighted by molar-refractivity contribution is -0.137. The summed E-state index contributed by atoms with van der Waals surface area (Å²) in [6.07, 6.45) is -4.49. The molecule has 7 heteroatoms. The number of nitrogens with zero attached hydrogens (tertiary/aromatic N) is 1. The zero-order valence-electron chi connectivity index (χ0n) is 19.6. The number of carboxylic acids is 1. The molecule has 0 aliphatic heterocycles. The maximum absolute atomic E-state index is 13.3. The number of fused-ring (bicyclic) bond motifs is 1. The van der Waals surface area contributed by atoms with Gasteiger partial charge in [-0.1, -0.05) is 72.8 Å². The molecule has 0 saturated heterocycles. The van der Waals surface area contributed by atoms with Gasteiger partial charge in [-0.05, 0) is 47.0 Å². The lowest BCUT2D eigenvalue weighted by atomic mass is 10.0. The molecule has 0 aliphatic rings. The first kappa shape index (κ1) is 24.2. The average molecular weight is 502 g/mol. The molecular weight excluding hydrogens is 479 g/mol. The van der Waals surface area contributed by atoms with Gasteiger partial charge in [-0.3, -0.25) is 0 Å². The summed E-state index contributed by atoms with van der Waals surface area (Å²) in [7, 11) is 0. The Morgan fingerprint density at radius 1 is 0.811 bits per heavy atom. The van der Waals surface area contributed by atoms with E-state index in [1.165, 1.54) is 6.07 Å².